The third kappa shape index (κ3) is 4.41. The maximum absolute atomic E-state index is 14.2. The minimum atomic E-state index is -4.83. The van der Waals surface area contributed by atoms with E-state index in [0.717, 1.165) is 4.52 Å². The first-order chi connectivity index (χ1) is 19.2. The molecule has 1 aliphatic rings. The van der Waals surface area contributed by atoms with Crippen molar-refractivity contribution >= 4 is 22.8 Å². The Kier molecular flexibility index (Phi) is 6.18. The number of hydrogen-bond donors (Lipinski definition) is 2. The number of nitrogens with one attached hydrogen (secondary N) is 2. The highest BCUT2D eigenvalue weighted by atomic mass is 19.4. The maximum atomic E-state index is 14.2. The van der Waals surface area contributed by atoms with E-state index < -0.39 is 29.6 Å². The van der Waals surface area contributed by atoms with Crippen LogP contribution < -0.4 is 15.6 Å². The zero-order chi connectivity index (χ0) is 28.0. The van der Waals surface area contributed by atoms with E-state index >= 15 is 0 Å². The lowest BCUT2D eigenvalue weighted by Crippen LogP contribution is -2.23. The molecule has 0 bridgehead atoms. The number of para-hydroxylation sites is 1. The zero-order valence-electron chi connectivity index (χ0n) is 20.7. The number of amides is 1. The summed E-state index contributed by atoms with van der Waals surface area (Å²) in [5.74, 6) is 0.198. The number of fused-ring (bicyclic) bond motifs is 2. The van der Waals surface area contributed by atoms with Crippen molar-refractivity contribution in [2.45, 2.75) is 18.9 Å². The third-order valence-electron chi connectivity index (χ3n) is 6.31. The van der Waals surface area contributed by atoms with Crippen LogP contribution in [0.5, 0.6) is 5.75 Å². The van der Waals surface area contributed by atoms with Gasteiger partial charge in [0.05, 0.1) is 38.1 Å². The average Bonchev–Trinajstić information content (AvgIpc) is 3.65. The summed E-state index contributed by atoms with van der Waals surface area (Å²) in [7, 11) is 1.44. The first-order valence-corrected chi connectivity index (χ1v) is 12.0. The second-order valence-corrected chi connectivity index (χ2v) is 8.87. The topological polar surface area (TPSA) is 133 Å². The molecule has 6 rings (SSSR count). The van der Waals surface area contributed by atoms with Crippen LogP contribution in [0.25, 0.3) is 39.3 Å². The van der Waals surface area contributed by atoms with Crippen molar-refractivity contribution in [3.63, 3.8) is 0 Å². The van der Waals surface area contributed by atoms with Gasteiger partial charge in [0.15, 0.2) is 16.7 Å². The van der Waals surface area contributed by atoms with E-state index in [0.29, 0.717) is 16.8 Å². The molecule has 11 nitrogen and oxygen atoms in total. The van der Waals surface area contributed by atoms with Gasteiger partial charge in [0.25, 0.3) is 5.56 Å². The van der Waals surface area contributed by atoms with E-state index in [1.807, 2.05) is 0 Å². The molecule has 0 spiro atoms. The fraction of sp³-hybridized carbons (Fsp3) is 0.231. The van der Waals surface area contributed by atoms with Crippen LogP contribution in [-0.2, 0) is 22.3 Å². The standard InChI is InChI=1S/C26H20F3N5O6/c1-37-16-8-5-9-17-20(16)32-23(40-17)19-15(12-38-11-14-10-30-25(36)39-14)31-22-18(13-6-3-2-4-7-13)21(26(27,28)29)33-34(22)24(19)35/h2-9,14,33H,10-12H2,1H3,(H,30,36). The summed E-state index contributed by atoms with van der Waals surface area (Å²) in [5.41, 5.74) is -1.99. The Bertz CT molecular complexity index is 1790. The van der Waals surface area contributed by atoms with Crippen LogP contribution in [0.1, 0.15) is 11.4 Å². The second-order valence-electron chi connectivity index (χ2n) is 8.87. The molecule has 14 heteroatoms. The molecule has 4 heterocycles. The summed E-state index contributed by atoms with van der Waals surface area (Å²) in [5, 5.41) is 4.69. The largest absolute Gasteiger partial charge is 0.494 e. The molecule has 206 valence electrons. The molecule has 1 aliphatic heterocycles. The molecule has 2 N–H and O–H groups in total. The number of cyclic esters (lactones) is 1. The van der Waals surface area contributed by atoms with E-state index in [9.17, 15) is 22.8 Å². The highest BCUT2D eigenvalue weighted by Gasteiger charge is 2.39. The molecule has 1 unspecified atom stereocenters. The van der Waals surface area contributed by atoms with Gasteiger partial charge in [-0.25, -0.2) is 14.8 Å². The Hall–Kier alpha value is -4.85. The van der Waals surface area contributed by atoms with Gasteiger partial charge in [-0.1, -0.05) is 36.4 Å². The van der Waals surface area contributed by atoms with Gasteiger partial charge >= 0.3 is 12.3 Å². The van der Waals surface area contributed by atoms with Crippen LogP contribution in [0.15, 0.2) is 57.7 Å². The SMILES string of the molecule is COc1cccc2oc(-c3c(COCC4CNC(=O)O4)nc4c(-c5ccccc5)c(C(F)(F)F)[nH]n4c3=O)nc12. The summed E-state index contributed by atoms with van der Waals surface area (Å²) in [6.45, 7) is -0.143. The Morgan fingerprint density at radius 3 is 2.58 bits per heavy atom. The first-order valence-electron chi connectivity index (χ1n) is 12.0. The Labute approximate surface area is 222 Å². The molecular formula is C26H20F3N5O6. The summed E-state index contributed by atoms with van der Waals surface area (Å²) >= 11 is 0. The Morgan fingerprint density at radius 2 is 1.88 bits per heavy atom. The number of alkyl carbamates (subject to hydrolysis) is 1. The lowest BCUT2D eigenvalue weighted by atomic mass is 10.1. The van der Waals surface area contributed by atoms with Gasteiger partial charge in [-0.15, -0.1) is 0 Å². The molecule has 1 atom stereocenters. The molecular weight excluding hydrogens is 535 g/mol. The van der Waals surface area contributed by atoms with Crippen molar-refractivity contribution in [1.82, 2.24) is 24.9 Å². The number of aromatic amines is 1. The second kappa shape index (κ2) is 9.72. The molecule has 5 aromatic rings. The lowest BCUT2D eigenvalue weighted by molar-refractivity contribution is -0.140. The number of H-pyrrole nitrogens is 1. The van der Waals surface area contributed by atoms with Crippen LogP contribution in [0.2, 0.25) is 0 Å². The predicted molar refractivity (Wildman–Crippen MR) is 134 cm³/mol. The smallest absolute Gasteiger partial charge is 0.433 e. The van der Waals surface area contributed by atoms with Gasteiger partial charge in [0.1, 0.15) is 23.1 Å². The van der Waals surface area contributed by atoms with Gasteiger partial charge in [-0.05, 0) is 17.7 Å². The molecule has 0 aliphatic carbocycles. The number of alkyl halides is 3. The van der Waals surface area contributed by atoms with Crippen molar-refractivity contribution in [2.24, 2.45) is 0 Å². The number of methoxy groups -OCH3 is 1. The van der Waals surface area contributed by atoms with Crippen LogP contribution in [0.4, 0.5) is 18.0 Å². The van der Waals surface area contributed by atoms with Gasteiger partial charge in [0.2, 0.25) is 5.89 Å². The number of hydrogen-bond acceptors (Lipinski definition) is 8. The number of carbonyl (C=O) groups excluding carboxylic acids is 1. The van der Waals surface area contributed by atoms with Crippen molar-refractivity contribution < 1.29 is 36.6 Å². The summed E-state index contributed by atoms with van der Waals surface area (Å²) < 4.78 is 65.1. The number of nitrogens with zero attached hydrogens (tertiary/aromatic N) is 3. The third-order valence-corrected chi connectivity index (χ3v) is 6.31. The molecule has 0 radical (unpaired) electrons. The number of oxazole rings is 1. The zero-order valence-corrected chi connectivity index (χ0v) is 20.7. The Balaban J connectivity index is 1.55. The van der Waals surface area contributed by atoms with E-state index in [1.165, 1.54) is 19.2 Å². The van der Waals surface area contributed by atoms with E-state index in [1.54, 1.807) is 36.4 Å². The average molecular weight is 555 g/mol. The molecule has 40 heavy (non-hydrogen) atoms. The van der Waals surface area contributed by atoms with Crippen LogP contribution in [0, 0.1) is 0 Å². The molecule has 3 aromatic heterocycles. The van der Waals surface area contributed by atoms with Crippen molar-refractivity contribution in [1.29, 1.82) is 0 Å². The molecule has 0 saturated carbocycles. The fourth-order valence-electron chi connectivity index (χ4n) is 4.53. The lowest BCUT2D eigenvalue weighted by Gasteiger charge is -2.11. The summed E-state index contributed by atoms with van der Waals surface area (Å²) in [6, 6.07) is 12.7. The number of halogens is 3. The number of carbonyl (C=O) groups is 1. The van der Waals surface area contributed by atoms with Gasteiger partial charge < -0.3 is 23.9 Å². The molecule has 1 amide bonds. The van der Waals surface area contributed by atoms with Gasteiger partial charge in [-0.3, -0.25) is 9.89 Å². The highest BCUT2D eigenvalue weighted by molar-refractivity contribution is 5.84. The number of aromatic nitrogens is 4. The quantitative estimate of drug-likeness (QED) is 0.306. The first kappa shape index (κ1) is 25.4. The normalized spacial score (nSPS) is 15.5. The molecule has 1 saturated heterocycles. The predicted octanol–water partition coefficient (Wildman–Crippen LogP) is 4.15. The summed E-state index contributed by atoms with van der Waals surface area (Å²) in [6.07, 6.45) is -6.00. The van der Waals surface area contributed by atoms with Crippen molar-refractivity contribution in [3.8, 4) is 28.3 Å². The minimum absolute atomic E-state index is 0.0160. The van der Waals surface area contributed by atoms with Crippen molar-refractivity contribution in [3.05, 3.63) is 70.3 Å². The summed E-state index contributed by atoms with van der Waals surface area (Å²) in [4.78, 5) is 34.0. The fourth-order valence-corrected chi connectivity index (χ4v) is 4.53. The highest BCUT2D eigenvalue weighted by Crippen LogP contribution is 2.39. The van der Waals surface area contributed by atoms with Crippen molar-refractivity contribution in [2.75, 3.05) is 20.3 Å². The van der Waals surface area contributed by atoms with E-state index in [-0.39, 0.29) is 53.7 Å². The van der Waals surface area contributed by atoms with Gasteiger partial charge in [-0.2, -0.15) is 17.7 Å². The monoisotopic (exact) mass is 555 g/mol. The van der Waals surface area contributed by atoms with E-state index in [4.69, 9.17) is 18.6 Å². The number of benzene rings is 2. The van der Waals surface area contributed by atoms with Gasteiger partial charge in [0, 0.05) is 0 Å². The van der Waals surface area contributed by atoms with E-state index in [2.05, 4.69) is 20.4 Å². The minimum Gasteiger partial charge on any atom is -0.494 e. The van der Waals surface area contributed by atoms with Crippen LogP contribution >= 0.6 is 0 Å². The van der Waals surface area contributed by atoms with Crippen LogP contribution in [0.3, 0.4) is 0 Å². The van der Waals surface area contributed by atoms with Crippen LogP contribution in [-0.4, -0.2) is 52.0 Å². The number of rotatable bonds is 7. The molecule has 2 aromatic carbocycles. The molecule has 1 fully saturated rings. The Morgan fingerprint density at radius 1 is 1.07 bits per heavy atom. The maximum Gasteiger partial charge on any atom is 0.433 e. The number of ether oxygens (including phenoxy) is 3.